The summed E-state index contributed by atoms with van der Waals surface area (Å²) in [5.41, 5.74) is 2.45. The van der Waals surface area contributed by atoms with Crippen molar-refractivity contribution < 1.29 is 0 Å². The Balaban J connectivity index is 2.76. The molecule has 0 aromatic carbocycles. The van der Waals surface area contributed by atoms with E-state index < -0.39 is 0 Å². The van der Waals surface area contributed by atoms with Crippen molar-refractivity contribution in [3.05, 3.63) is 11.3 Å². The number of nitrogens with zero attached hydrogens (tertiary/aromatic N) is 4. The van der Waals surface area contributed by atoms with Gasteiger partial charge in [-0.1, -0.05) is 13.8 Å². The van der Waals surface area contributed by atoms with E-state index in [-0.39, 0.29) is 0 Å². The van der Waals surface area contributed by atoms with Crippen molar-refractivity contribution in [1.82, 2.24) is 20.0 Å². The van der Waals surface area contributed by atoms with Crippen LogP contribution in [-0.2, 0) is 13.6 Å². The first-order valence-corrected chi connectivity index (χ1v) is 8.23. The van der Waals surface area contributed by atoms with Gasteiger partial charge in [-0.25, -0.2) is 0 Å². The first-order chi connectivity index (χ1) is 10.1. The molecule has 1 heterocycles. The smallest absolute Gasteiger partial charge is 0.131 e. The maximum Gasteiger partial charge on any atom is 0.131 e. The van der Waals surface area contributed by atoms with Crippen LogP contribution in [0, 0.1) is 6.92 Å². The average Bonchev–Trinajstić information content (AvgIpc) is 2.75. The lowest BCUT2D eigenvalue weighted by molar-refractivity contribution is 0.300. The van der Waals surface area contributed by atoms with E-state index >= 15 is 0 Å². The number of aryl methyl sites for hydroxylation is 2. The molecule has 0 saturated carbocycles. The summed E-state index contributed by atoms with van der Waals surface area (Å²) < 4.78 is 2.03. The molecule has 0 unspecified atom stereocenters. The van der Waals surface area contributed by atoms with Gasteiger partial charge < -0.3 is 15.1 Å². The van der Waals surface area contributed by atoms with Gasteiger partial charge >= 0.3 is 0 Å². The van der Waals surface area contributed by atoms with Gasteiger partial charge in [0.15, 0.2) is 0 Å². The van der Waals surface area contributed by atoms with E-state index in [2.05, 4.69) is 55.0 Å². The molecule has 1 aromatic heterocycles. The van der Waals surface area contributed by atoms with E-state index in [9.17, 15) is 0 Å². The lowest BCUT2D eigenvalue weighted by atomic mass is 10.2. The molecular weight excluding hydrogens is 262 g/mol. The fraction of sp³-hybridized carbons (Fsp3) is 0.812. The second kappa shape index (κ2) is 9.05. The van der Waals surface area contributed by atoms with Crippen molar-refractivity contribution >= 4 is 5.82 Å². The maximum atomic E-state index is 4.60. The molecule has 0 saturated heterocycles. The van der Waals surface area contributed by atoms with E-state index in [0.29, 0.717) is 0 Å². The SMILES string of the molecule is CCN(CC)CCCN(CC)c1c(CNC)c(C)nn1C. The minimum absolute atomic E-state index is 0.877. The molecule has 21 heavy (non-hydrogen) atoms. The third-order valence-corrected chi connectivity index (χ3v) is 4.14. The molecule has 0 bridgehead atoms. The summed E-state index contributed by atoms with van der Waals surface area (Å²) in [5.74, 6) is 1.27. The lowest BCUT2D eigenvalue weighted by Crippen LogP contribution is -2.31. The molecule has 1 rings (SSSR count). The van der Waals surface area contributed by atoms with Gasteiger partial charge in [-0.3, -0.25) is 4.68 Å². The number of hydrogen-bond acceptors (Lipinski definition) is 4. The summed E-state index contributed by atoms with van der Waals surface area (Å²) in [4.78, 5) is 4.94. The lowest BCUT2D eigenvalue weighted by Gasteiger charge is -2.26. The van der Waals surface area contributed by atoms with Crippen molar-refractivity contribution in [2.24, 2.45) is 7.05 Å². The van der Waals surface area contributed by atoms with Gasteiger partial charge in [-0.2, -0.15) is 5.10 Å². The molecule has 5 nitrogen and oxygen atoms in total. The molecule has 0 aliphatic rings. The number of rotatable bonds is 10. The van der Waals surface area contributed by atoms with Crippen LogP contribution in [0.4, 0.5) is 5.82 Å². The second-order valence-electron chi connectivity index (χ2n) is 5.50. The first-order valence-electron chi connectivity index (χ1n) is 8.23. The molecule has 1 N–H and O–H groups in total. The summed E-state index contributed by atoms with van der Waals surface area (Å²) in [5, 5.41) is 7.86. The minimum atomic E-state index is 0.877. The predicted octanol–water partition coefficient (Wildman–Crippen LogP) is 2.01. The van der Waals surface area contributed by atoms with E-state index in [1.54, 1.807) is 0 Å². The fourth-order valence-electron chi connectivity index (χ4n) is 2.91. The highest BCUT2D eigenvalue weighted by molar-refractivity contribution is 5.50. The van der Waals surface area contributed by atoms with E-state index in [4.69, 9.17) is 0 Å². The van der Waals surface area contributed by atoms with Gasteiger partial charge in [0.05, 0.1) is 5.69 Å². The van der Waals surface area contributed by atoms with E-state index in [0.717, 1.165) is 38.4 Å². The fourth-order valence-corrected chi connectivity index (χ4v) is 2.91. The van der Waals surface area contributed by atoms with E-state index in [1.807, 2.05) is 11.7 Å². The second-order valence-corrected chi connectivity index (χ2v) is 5.50. The summed E-state index contributed by atoms with van der Waals surface area (Å²) in [6, 6.07) is 0. The Hall–Kier alpha value is -1.07. The molecule has 0 aliphatic heterocycles. The van der Waals surface area contributed by atoms with Crippen molar-refractivity contribution in [2.45, 2.75) is 40.7 Å². The molecule has 1 aromatic rings. The molecule has 0 aliphatic carbocycles. The maximum absolute atomic E-state index is 4.60. The summed E-state index contributed by atoms with van der Waals surface area (Å²) in [7, 11) is 4.04. The monoisotopic (exact) mass is 295 g/mol. The third-order valence-electron chi connectivity index (χ3n) is 4.14. The Bertz CT molecular complexity index is 409. The van der Waals surface area contributed by atoms with Crippen LogP contribution in [0.5, 0.6) is 0 Å². The van der Waals surface area contributed by atoms with Crippen molar-refractivity contribution in [1.29, 1.82) is 0 Å². The van der Waals surface area contributed by atoms with Crippen molar-refractivity contribution in [3.63, 3.8) is 0 Å². The molecule has 0 amide bonds. The van der Waals surface area contributed by atoms with Crippen LogP contribution in [0.1, 0.15) is 38.4 Å². The van der Waals surface area contributed by atoms with Crippen LogP contribution < -0.4 is 10.2 Å². The Labute approximate surface area is 130 Å². The average molecular weight is 295 g/mol. The number of nitrogens with one attached hydrogen (secondary N) is 1. The molecule has 0 atom stereocenters. The summed E-state index contributed by atoms with van der Waals surface area (Å²) in [6.45, 7) is 15.2. The van der Waals surface area contributed by atoms with Crippen LogP contribution in [0.15, 0.2) is 0 Å². The number of hydrogen-bond donors (Lipinski definition) is 1. The predicted molar refractivity (Wildman–Crippen MR) is 91.0 cm³/mol. The van der Waals surface area contributed by atoms with Crippen LogP contribution in [0.3, 0.4) is 0 Å². The van der Waals surface area contributed by atoms with Crippen LogP contribution in [-0.4, -0.2) is 54.5 Å². The zero-order chi connectivity index (χ0) is 15.8. The normalized spacial score (nSPS) is 11.4. The highest BCUT2D eigenvalue weighted by Crippen LogP contribution is 2.23. The Morgan fingerprint density at radius 2 is 1.76 bits per heavy atom. The van der Waals surface area contributed by atoms with E-state index in [1.165, 1.54) is 24.3 Å². The van der Waals surface area contributed by atoms with Crippen molar-refractivity contribution in [2.75, 3.05) is 44.7 Å². The van der Waals surface area contributed by atoms with Gasteiger partial charge in [-0.05, 0) is 47.0 Å². The number of aromatic nitrogens is 2. The van der Waals surface area contributed by atoms with Gasteiger partial charge in [0.1, 0.15) is 5.82 Å². The topological polar surface area (TPSA) is 36.3 Å². The van der Waals surface area contributed by atoms with Crippen molar-refractivity contribution in [3.8, 4) is 0 Å². The van der Waals surface area contributed by atoms with Crippen LogP contribution in [0.2, 0.25) is 0 Å². The first kappa shape index (κ1) is 18.0. The largest absolute Gasteiger partial charge is 0.357 e. The van der Waals surface area contributed by atoms with Gasteiger partial charge in [0.2, 0.25) is 0 Å². The Morgan fingerprint density at radius 3 is 2.29 bits per heavy atom. The Morgan fingerprint density at radius 1 is 1.10 bits per heavy atom. The van der Waals surface area contributed by atoms with Gasteiger partial charge in [0, 0.05) is 32.2 Å². The van der Waals surface area contributed by atoms with Crippen LogP contribution >= 0.6 is 0 Å². The zero-order valence-corrected chi connectivity index (χ0v) is 14.7. The molecule has 122 valence electrons. The van der Waals surface area contributed by atoms with Gasteiger partial charge in [0.25, 0.3) is 0 Å². The standard InChI is InChI=1S/C16H33N5/c1-7-20(8-2)11-10-12-21(9-3)16-15(13-17-5)14(4)18-19(16)6/h17H,7-13H2,1-6H3. The van der Waals surface area contributed by atoms with Crippen LogP contribution in [0.25, 0.3) is 0 Å². The Kier molecular flexibility index (Phi) is 7.75. The summed E-state index contributed by atoms with van der Waals surface area (Å²) in [6.07, 6.45) is 1.19. The molecular formula is C16H33N5. The third kappa shape index (κ3) is 4.71. The molecule has 0 radical (unpaired) electrons. The highest BCUT2D eigenvalue weighted by Gasteiger charge is 2.17. The molecule has 0 fully saturated rings. The minimum Gasteiger partial charge on any atom is -0.357 e. The quantitative estimate of drug-likeness (QED) is 0.716. The summed E-state index contributed by atoms with van der Waals surface area (Å²) >= 11 is 0. The molecule has 5 heteroatoms. The highest BCUT2D eigenvalue weighted by atomic mass is 15.4. The van der Waals surface area contributed by atoms with Gasteiger partial charge in [-0.15, -0.1) is 0 Å². The molecule has 0 spiro atoms. The zero-order valence-electron chi connectivity index (χ0n) is 14.7. The number of anilines is 1.